The first-order valence-corrected chi connectivity index (χ1v) is 14.2. The molecule has 2 aliphatic carbocycles. The Morgan fingerprint density at radius 3 is 2.17 bits per heavy atom. The third kappa shape index (κ3) is 7.68. The minimum absolute atomic E-state index is 0. The van der Waals surface area contributed by atoms with Crippen LogP contribution in [0.1, 0.15) is 38.1 Å². The van der Waals surface area contributed by atoms with Gasteiger partial charge >= 0.3 is 11.7 Å². The van der Waals surface area contributed by atoms with Crippen molar-refractivity contribution in [3.8, 4) is 11.8 Å². The molecule has 0 atom stereocenters. The number of nitrogens with two attached hydrogens (primary N) is 1. The maximum absolute atomic E-state index is 14.0. The molecule has 1 aromatic heterocycles. The number of benzene rings is 2. The van der Waals surface area contributed by atoms with Gasteiger partial charge in [0.25, 0.3) is 5.56 Å². The molecular weight excluding hydrogens is 768 g/mol. The number of rotatable bonds is 5. The summed E-state index contributed by atoms with van der Waals surface area (Å²) in [5, 5.41) is 10.9. The predicted octanol–water partition coefficient (Wildman–Crippen LogP) is 3.70. The molecule has 5 N–H and O–H groups in total. The molecule has 2 aliphatic rings. The molecule has 5 rings (SSSR count). The number of nitrogens with one attached hydrogen (secondary N) is 1. The van der Waals surface area contributed by atoms with E-state index >= 15 is 0 Å². The highest BCUT2D eigenvalue weighted by atomic mass is 127. The van der Waals surface area contributed by atoms with Crippen LogP contribution in [-0.2, 0) is 4.79 Å². The Kier molecular flexibility index (Phi) is 10.6. The zero-order valence-electron chi connectivity index (χ0n) is 21.2. The van der Waals surface area contributed by atoms with Gasteiger partial charge in [-0.2, -0.15) is 5.26 Å². The van der Waals surface area contributed by atoms with E-state index in [4.69, 9.17) is 11.0 Å². The van der Waals surface area contributed by atoms with Crippen molar-refractivity contribution in [1.29, 1.82) is 5.26 Å². The van der Waals surface area contributed by atoms with E-state index in [-0.39, 0.29) is 41.2 Å². The molecule has 0 aliphatic heterocycles. The standard InChI is InChI=1S/2C13H11FIN3O2.H2O/c14-9-5-7(15)1-4-10(9)18-11(16)6-12(19)17(13(18)20)8-2-3-8;14-10-7-8(15)1-4-11(10)17-13(20)18(9-2-3-9)12(19)5-6-16;/h1,4-6,8H,2-3,16H2;1,4,7,9H,2-3,5H2,(H,17,20);1H2. The Balaban J connectivity index is 0.000000220. The fraction of sp³-hybridized carbons (Fsp3) is 0.269. The van der Waals surface area contributed by atoms with Crippen molar-refractivity contribution in [2.45, 2.75) is 44.2 Å². The molecule has 3 aromatic rings. The Morgan fingerprint density at radius 1 is 1.02 bits per heavy atom. The van der Waals surface area contributed by atoms with E-state index in [1.165, 1.54) is 24.3 Å². The third-order valence-electron chi connectivity index (χ3n) is 6.03. The lowest BCUT2D eigenvalue weighted by Crippen LogP contribution is -2.41. The average Bonchev–Trinajstić information content (AvgIpc) is 3.79. The van der Waals surface area contributed by atoms with E-state index in [0.29, 0.717) is 7.14 Å². The smallest absolute Gasteiger partial charge is 0.337 e. The van der Waals surface area contributed by atoms with Gasteiger partial charge in [-0.1, -0.05) is 0 Å². The molecule has 0 radical (unpaired) electrons. The molecular formula is C26H24F2I2N6O5. The molecule has 2 saturated carbocycles. The van der Waals surface area contributed by atoms with Crippen LogP contribution in [-0.4, -0.2) is 37.5 Å². The van der Waals surface area contributed by atoms with Gasteiger partial charge in [0.15, 0.2) is 0 Å². The number of aromatic nitrogens is 2. The second-order valence-corrected chi connectivity index (χ2v) is 11.6. The number of nitriles is 1. The first-order chi connectivity index (χ1) is 19.0. The molecule has 216 valence electrons. The Labute approximate surface area is 259 Å². The molecule has 2 fully saturated rings. The number of hydrogen-bond acceptors (Lipinski definition) is 6. The number of halogens is 4. The number of anilines is 2. The lowest BCUT2D eigenvalue weighted by atomic mass is 10.3. The van der Waals surface area contributed by atoms with Gasteiger partial charge < -0.3 is 16.5 Å². The normalized spacial score (nSPS) is 13.6. The fourth-order valence-electron chi connectivity index (χ4n) is 3.88. The van der Waals surface area contributed by atoms with Gasteiger partial charge in [0.05, 0.1) is 17.4 Å². The van der Waals surface area contributed by atoms with Crippen LogP contribution in [0.5, 0.6) is 0 Å². The summed E-state index contributed by atoms with van der Waals surface area (Å²) in [5.41, 5.74) is 4.79. The summed E-state index contributed by atoms with van der Waals surface area (Å²) in [6.07, 6.45) is 2.65. The van der Waals surface area contributed by atoms with Crippen molar-refractivity contribution in [1.82, 2.24) is 14.0 Å². The van der Waals surface area contributed by atoms with Crippen LogP contribution < -0.4 is 22.3 Å². The van der Waals surface area contributed by atoms with Crippen molar-refractivity contribution in [3.05, 3.63) is 82.1 Å². The summed E-state index contributed by atoms with van der Waals surface area (Å²) in [6, 6.07) is 10.8. The van der Waals surface area contributed by atoms with Gasteiger partial charge in [0.1, 0.15) is 23.9 Å². The second-order valence-electron chi connectivity index (χ2n) is 9.11. The Hall–Kier alpha value is -3.37. The minimum Gasteiger partial charge on any atom is -0.412 e. The van der Waals surface area contributed by atoms with Crippen molar-refractivity contribution < 1.29 is 23.8 Å². The summed E-state index contributed by atoms with van der Waals surface area (Å²) in [5.74, 6) is -1.73. The number of nitrogen functional groups attached to an aromatic ring is 1. The maximum atomic E-state index is 14.0. The van der Waals surface area contributed by atoms with Crippen LogP contribution in [0.3, 0.4) is 0 Å². The molecule has 0 spiro atoms. The number of amides is 3. The summed E-state index contributed by atoms with van der Waals surface area (Å²) in [4.78, 5) is 49.1. The van der Waals surface area contributed by atoms with E-state index in [0.717, 1.165) is 45.8 Å². The topological polar surface area (TPSA) is 175 Å². The molecule has 0 saturated heterocycles. The number of urea groups is 1. The van der Waals surface area contributed by atoms with Crippen LogP contribution in [0.4, 0.5) is 25.1 Å². The molecule has 1 heterocycles. The molecule has 15 heteroatoms. The number of hydrogen-bond donors (Lipinski definition) is 2. The number of imide groups is 1. The second kappa shape index (κ2) is 13.5. The van der Waals surface area contributed by atoms with E-state index < -0.39 is 34.8 Å². The van der Waals surface area contributed by atoms with Crippen molar-refractivity contribution in [2.24, 2.45) is 0 Å². The molecule has 0 unspecified atom stereocenters. The van der Waals surface area contributed by atoms with Gasteiger partial charge in [0.2, 0.25) is 5.91 Å². The van der Waals surface area contributed by atoms with Crippen molar-refractivity contribution in [2.75, 3.05) is 11.1 Å². The lowest BCUT2D eigenvalue weighted by molar-refractivity contribution is -0.127. The third-order valence-corrected chi connectivity index (χ3v) is 7.37. The summed E-state index contributed by atoms with van der Waals surface area (Å²) < 4.78 is 31.3. The quantitative estimate of drug-likeness (QED) is 0.373. The van der Waals surface area contributed by atoms with Gasteiger partial charge in [0, 0.05) is 25.3 Å². The molecule has 11 nitrogen and oxygen atoms in total. The van der Waals surface area contributed by atoms with Gasteiger partial charge in [-0.3, -0.25) is 19.1 Å². The Morgan fingerprint density at radius 2 is 1.63 bits per heavy atom. The summed E-state index contributed by atoms with van der Waals surface area (Å²) in [6.45, 7) is 0. The van der Waals surface area contributed by atoms with Crippen LogP contribution in [0, 0.1) is 30.1 Å². The Bertz CT molecular complexity index is 1650. The van der Waals surface area contributed by atoms with E-state index in [1.54, 1.807) is 18.2 Å². The monoisotopic (exact) mass is 792 g/mol. The molecule has 3 amide bonds. The zero-order valence-corrected chi connectivity index (χ0v) is 25.6. The SMILES string of the molecule is N#CCC(=O)N(C(=O)Nc1ccc(I)cc1F)C1CC1.Nc1cc(=O)n(C2CC2)c(=O)n1-c1ccc(I)cc1F.O. The fourth-order valence-corrected chi connectivity index (χ4v) is 4.79. The van der Waals surface area contributed by atoms with Gasteiger partial charge in [-0.15, -0.1) is 0 Å². The lowest BCUT2D eigenvalue weighted by Gasteiger charge is -2.20. The van der Waals surface area contributed by atoms with Gasteiger partial charge in [-0.25, -0.2) is 22.9 Å². The van der Waals surface area contributed by atoms with Crippen LogP contribution in [0.25, 0.3) is 5.69 Å². The zero-order chi connectivity index (χ0) is 29.1. The first-order valence-electron chi connectivity index (χ1n) is 12.1. The van der Waals surface area contributed by atoms with Crippen LogP contribution in [0.15, 0.2) is 52.1 Å². The molecule has 0 bridgehead atoms. The highest BCUT2D eigenvalue weighted by Crippen LogP contribution is 2.32. The van der Waals surface area contributed by atoms with E-state index in [1.807, 2.05) is 45.2 Å². The predicted molar refractivity (Wildman–Crippen MR) is 164 cm³/mol. The van der Waals surface area contributed by atoms with E-state index in [2.05, 4.69) is 5.32 Å². The summed E-state index contributed by atoms with van der Waals surface area (Å²) in [7, 11) is 0. The van der Waals surface area contributed by atoms with E-state index in [9.17, 15) is 28.0 Å². The highest BCUT2D eigenvalue weighted by molar-refractivity contribution is 14.1. The molecule has 2 aromatic carbocycles. The van der Waals surface area contributed by atoms with Crippen LogP contribution in [0.2, 0.25) is 0 Å². The van der Waals surface area contributed by atoms with Crippen molar-refractivity contribution >= 4 is 68.6 Å². The first kappa shape index (κ1) is 32.1. The number of carbonyl (C=O) groups excluding carboxylic acids is 2. The summed E-state index contributed by atoms with van der Waals surface area (Å²) >= 11 is 3.94. The average molecular weight is 792 g/mol. The largest absolute Gasteiger partial charge is 0.412 e. The number of carbonyl (C=O) groups is 2. The van der Waals surface area contributed by atoms with Crippen molar-refractivity contribution in [3.63, 3.8) is 0 Å². The minimum atomic E-state index is -0.687. The molecule has 41 heavy (non-hydrogen) atoms. The van der Waals surface area contributed by atoms with Gasteiger partial charge in [-0.05, 0) is 107 Å². The highest BCUT2D eigenvalue weighted by Gasteiger charge is 2.37. The maximum Gasteiger partial charge on any atom is 0.337 e. The number of nitrogens with zero attached hydrogens (tertiary/aromatic N) is 4. The van der Waals surface area contributed by atoms with Crippen LogP contribution >= 0.6 is 45.2 Å².